The van der Waals surface area contributed by atoms with Gasteiger partial charge in [-0.1, -0.05) is 19.1 Å². The van der Waals surface area contributed by atoms with E-state index in [1.165, 1.54) is 26.4 Å². The second-order valence-corrected chi connectivity index (χ2v) is 6.61. The molecule has 1 N–H and O–H groups in total. The van der Waals surface area contributed by atoms with Crippen molar-refractivity contribution in [3.8, 4) is 11.5 Å². The van der Waals surface area contributed by atoms with E-state index < -0.39 is 17.0 Å². The Morgan fingerprint density at radius 2 is 1.81 bits per heavy atom. The molecule has 0 saturated heterocycles. The van der Waals surface area contributed by atoms with Gasteiger partial charge in [-0.15, -0.1) is 0 Å². The van der Waals surface area contributed by atoms with Crippen LogP contribution in [0.1, 0.15) is 29.3 Å². The number of hydrogen-bond acceptors (Lipinski definition) is 3. The number of nitrogens with one attached hydrogen (secondary N) is 1. The summed E-state index contributed by atoms with van der Waals surface area (Å²) in [5.41, 5.74) is 0.196. The summed E-state index contributed by atoms with van der Waals surface area (Å²) in [6.45, 7) is 2.23. The zero-order valence-corrected chi connectivity index (χ0v) is 14.9. The van der Waals surface area contributed by atoms with Gasteiger partial charge >= 0.3 is 0 Å². The first-order valence-corrected chi connectivity index (χ1v) is 8.37. The number of methoxy groups -OCH3 is 2. The average Bonchev–Trinajstić information content (AvgIpc) is 3.29. The second-order valence-electron chi connectivity index (χ2n) is 6.61. The topological polar surface area (TPSA) is 47.6 Å². The lowest BCUT2D eigenvalue weighted by Gasteiger charge is -2.20. The molecule has 26 heavy (non-hydrogen) atoms. The fourth-order valence-electron chi connectivity index (χ4n) is 3.50. The van der Waals surface area contributed by atoms with Gasteiger partial charge in [0.1, 0.15) is 28.7 Å². The molecule has 3 rings (SSSR count). The van der Waals surface area contributed by atoms with Gasteiger partial charge in [-0.25, -0.2) is 8.78 Å². The van der Waals surface area contributed by atoms with E-state index >= 15 is 0 Å². The summed E-state index contributed by atoms with van der Waals surface area (Å²) in [7, 11) is 2.95. The number of amides is 1. The fraction of sp³-hybridized carbons (Fsp3) is 0.350. The molecular weight excluding hydrogens is 340 g/mol. The van der Waals surface area contributed by atoms with Crippen LogP contribution in [0.5, 0.6) is 11.5 Å². The van der Waals surface area contributed by atoms with Crippen LogP contribution in [0.2, 0.25) is 0 Å². The van der Waals surface area contributed by atoms with E-state index in [2.05, 4.69) is 5.32 Å². The standard InChI is InChI=1S/C20H21F2NO3/c1-12-10-20(12,14-8-7-13(21)9-15(14)22)11-23-19(24)18-16(25-2)5-4-6-17(18)26-3/h4-9,12H,10-11H2,1-3H3,(H,23,24). The van der Waals surface area contributed by atoms with Crippen LogP contribution in [-0.4, -0.2) is 26.7 Å². The summed E-state index contributed by atoms with van der Waals surface area (Å²) in [4.78, 5) is 12.7. The first-order valence-electron chi connectivity index (χ1n) is 8.37. The summed E-state index contributed by atoms with van der Waals surface area (Å²) in [6.07, 6.45) is 0.721. The van der Waals surface area contributed by atoms with Crippen molar-refractivity contribution in [1.29, 1.82) is 0 Å². The third kappa shape index (κ3) is 3.11. The molecule has 1 amide bonds. The molecule has 2 aromatic carbocycles. The summed E-state index contributed by atoms with van der Waals surface area (Å²) in [5, 5.41) is 2.86. The Kier molecular flexibility index (Phi) is 4.85. The lowest BCUT2D eigenvalue weighted by molar-refractivity contribution is 0.0942. The van der Waals surface area contributed by atoms with Gasteiger partial charge in [-0.05, 0) is 36.1 Å². The van der Waals surface area contributed by atoms with Gasteiger partial charge in [0, 0.05) is 18.0 Å². The van der Waals surface area contributed by atoms with Crippen molar-refractivity contribution in [2.45, 2.75) is 18.8 Å². The van der Waals surface area contributed by atoms with Crippen LogP contribution < -0.4 is 14.8 Å². The highest BCUT2D eigenvalue weighted by Crippen LogP contribution is 2.54. The molecule has 0 aromatic heterocycles. The minimum Gasteiger partial charge on any atom is -0.496 e. The molecule has 6 heteroatoms. The predicted molar refractivity (Wildman–Crippen MR) is 93.7 cm³/mol. The van der Waals surface area contributed by atoms with Gasteiger partial charge in [-0.2, -0.15) is 0 Å². The molecule has 0 heterocycles. The molecule has 2 atom stereocenters. The molecule has 0 spiro atoms. The number of carbonyl (C=O) groups is 1. The van der Waals surface area contributed by atoms with E-state index in [1.807, 2.05) is 6.92 Å². The van der Waals surface area contributed by atoms with Crippen molar-refractivity contribution in [2.24, 2.45) is 5.92 Å². The Labute approximate surface area is 151 Å². The third-order valence-corrected chi connectivity index (χ3v) is 5.14. The minimum atomic E-state index is -0.613. The van der Waals surface area contributed by atoms with Crippen molar-refractivity contribution in [1.82, 2.24) is 5.32 Å². The Morgan fingerprint density at radius 1 is 1.19 bits per heavy atom. The average molecular weight is 361 g/mol. The highest BCUT2D eigenvalue weighted by atomic mass is 19.1. The van der Waals surface area contributed by atoms with Gasteiger partial charge < -0.3 is 14.8 Å². The minimum absolute atomic E-state index is 0.183. The predicted octanol–water partition coefficient (Wildman–Crippen LogP) is 3.69. The highest BCUT2D eigenvalue weighted by Gasteiger charge is 2.53. The molecular formula is C20H21F2NO3. The van der Waals surface area contributed by atoms with E-state index in [0.717, 1.165) is 12.5 Å². The molecule has 138 valence electrons. The molecule has 1 saturated carbocycles. The summed E-state index contributed by atoms with van der Waals surface area (Å²) >= 11 is 0. The number of carbonyl (C=O) groups excluding carboxylic acids is 1. The van der Waals surface area contributed by atoms with Crippen molar-refractivity contribution >= 4 is 5.91 Å². The smallest absolute Gasteiger partial charge is 0.258 e. The van der Waals surface area contributed by atoms with E-state index in [4.69, 9.17) is 9.47 Å². The molecule has 1 fully saturated rings. The number of rotatable bonds is 6. The van der Waals surface area contributed by atoms with Crippen LogP contribution in [0.3, 0.4) is 0 Å². The fourth-order valence-corrected chi connectivity index (χ4v) is 3.50. The quantitative estimate of drug-likeness (QED) is 0.854. The lowest BCUT2D eigenvalue weighted by atomic mass is 9.92. The third-order valence-electron chi connectivity index (χ3n) is 5.14. The Balaban J connectivity index is 1.83. The summed E-state index contributed by atoms with van der Waals surface area (Å²) in [5.74, 6) is -0.584. The van der Waals surface area contributed by atoms with Gasteiger partial charge in [0.05, 0.1) is 14.2 Å². The molecule has 2 unspecified atom stereocenters. The van der Waals surface area contributed by atoms with E-state index in [9.17, 15) is 13.6 Å². The Hall–Kier alpha value is -2.63. The van der Waals surface area contributed by atoms with Crippen LogP contribution in [-0.2, 0) is 5.41 Å². The van der Waals surface area contributed by atoms with Crippen LogP contribution in [0.25, 0.3) is 0 Å². The maximum absolute atomic E-state index is 14.3. The van der Waals surface area contributed by atoms with E-state index in [-0.39, 0.29) is 18.4 Å². The van der Waals surface area contributed by atoms with E-state index in [1.54, 1.807) is 18.2 Å². The first kappa shape index (κ1) is 18.2. The van der Waals surface area contributed by atoms with Crippen LogP contribution in [0, 0.1) is 17.6 Å². The number of hydrogen-bond donors (Lipinski definition) is 1. The molecule has 4 nitrogen and oxygen atoms in total. The summed E-state index contributed by atoms with van der Waals surface area (Å²) < 4.78 is 38.0. The highest BCUT2D eigenvalue weighted by molar-refractivity contribution is 5.99. The van der Waals surface area contributed by atoms with Gasteiger partial charge in [0.2, 0.25) is 0 Å². The normalized spacial score (nSPS) is 21.2. The van der Waals surface area contributed by atoms with Crippen molar-refractivity contribution in [2.75, 3.05) is 20.8 Å². The molecule has 1 aliphatic rings. The summed E-state index contributed by atoms with van der Waals surface area (Å²) in [6, 6.07) is 8.67. The Bertz CT molecular complexity index is 818. The van der Waals surface area contributed by atoms with Crippen LogP contribution in [0.15, 0.2) is 36.4 Å². The first-order chi connectivity index (χ1) is 12.4. The largest absolute Gasteiger partial charge is 0.496 e. The van der Waals surface area contributed by atoms with Crippen molar-refractivity contribution < 1.29 is 23.0 Å². The zero-order valence-electron chi connectivity index (χ0n) is 14.9. The molecule has 0 radical (unpaired) electrons. The molecule has 0 bridgehead atoms. The maximum atomic E-state index is 14.3. The van der Waals surface area contributed by atoms with Crippen molar-refractivity contribution in [3.05, 3.63) is 59.2 Å². The zero-order chi connectivity index (χ0) is 18.9. The van der Waals surface area contributed by atoms with E-state index in [0.29, 0.717) is 22.6 Å². The van der Waals surface area contributed by atoms with Gasteiger partial charge in [0.25, 0.3) is 5.91 Å². The molecule has 1 aliphatic carbocycles. The monoisotopic (exact) mass is 361 g/mol. The number of halogens is 2. The Morgan fingerprint density at radius 3 is 2.31 bits per heavy atom. The number of ether oxygens (including phenoxy) is 2. The number of benzene rings is 2. The molecule has 0 aliphatic heterocycles. The van der Waals surface area contributed by atoms with Crippen LogP contribution >= 0.6 is 0 Å². The van der Waals surface area contributed by atoms with Gasteiger partial charge in [-0.3, -0.25) is 4.79 Å². The van der Waals surface area contributed by atoms with Crippen LogP contribution in [0.4, 0.5) is 8.78 Å². The second kappa shape index (κ2) is 6.94. The van der Waals surface area contributed by atoms with Crippen molar-refractivity contribution in [3.63, 3.8) is 0 Å². The molecule has 2 aromatic rings. The SMILES string of the molecule is COc1cccc(OC)c1C(=O)NCC1(c2ccc(F)cc2F)CC1C. The maximum Gasteiger partial charge on any atom is 0.258 e. The lowest BCUT2D eigenvalue weighted by Crippen LogP contribution is -2.34. The van der Waals surface area contributed by atoms with Gasteiger partial charge in [0.15, 0.2) is 0 Å².